The van der Waals surface area contributed by atoms with Gasteiger partial charge in [0.05, 0.1) is 45.5 Å². The fourth-order valence-corrected chi connectivity index (χ4v) is 9.84. The Kier molecular flexibility index (Phi) is 7.14. The smallest absolute Gasteiger partial charge is 0.261 e. The van der Waals surface area contributed by atoms with Crippen LogP contribution in [0, 0.1) is 29.0 Å². The highest BCUT2D eigenvalue weighted by molar-refractivity contribution is 6.43. The molecule has 10 rings (SSSR count). The molecule has 4 aromatic rings. The van der Waals surface area contributed by atoms with Crippen molar-refractivity contribution in [2.75, 3.05) is 6.54 Å². The van der Waals surface area contributed by atoms with Gasteiger partial charge in [-0.25, -0.2) is 18.2 Å². The van der Waals surface area contributed by atoms with Crippen molar-refractivity contribution in [3.8, 4) is 17.2 Å². The second-order valence-electron chi connectivity index (χ2n) is 14.7. The summed E-state index contributed by atoms with van der Waals surface area (Å²) in [5, 5.41) is 25.8. The van der Waals surface area contributed by atoms with Crippen LogP contribution in [0.3, 0.4) is 0 Å². The van der Waals surface area contributed by atoms with E-state index in [1.165, 1.54) is 0 Å². The first-order chi connectivity index (χ1) is 23.5. The molecule has 2 aromatic carbocycles. The highest BCUT2D eigenvalue weighted by Gasteiger charge is 2.62. The van der Waals surface area contributed by atoms with Crippen molar-refractivity contribution in [3.63, 3.8) is 0 Å². The average Bonchev–Trinajstić information content (AvgIpc) is 3.62. The maximum atomic E-state index is 17.2. The number of fused-ring (bicyclic) bond motifs is 6. The average molecular weight is 709 g/mol. The third-order valence-corrected chi connectivity index (χ3v) is 12.7. The molecule has 2 N–H and O–H groups in total. The molecular weight excluding hydrogens is 674 g/mol. The summed E-state index contributed by atoms with van der Waals surface area (Å²) in [5.74, 6) is -1.50. The Hall–Kier alpha value is -3.36. The van der Waals surface area contributed by atoms with Gasteiger partial charge in [0.25, 0.3) is 5.91 Å². The lowest BCUT2D eigenvalue weighted by Gasteiger charge is -2.42. The van der Waals surface area contributed by atoms with Gasteiger partial charge in [-0.15, -0.1) is 0 Å². The fourth-order valence-electron chi connectivity index (χ4n) is 9.45. The van der Waals surface area contributed by atoms with Crippen LogP contribution in [-0.4, -0.2) is 55.9 Å². The summed E-state index contributed by atoms with van der Waals surface area (Å²) in [7, 11) is 0. The van der Waals surface area contributed by atoms with E-state index < -0.39 is 47.7 Å². The van der Waals surface area contributed by atoms with Crippen LogP contribution in [0.25, 0.3) is 32.9 Å². The lowest BCUT2D eigenvalue weighted by atomic mass is 9.79. The molecule has 7 nitrogen and oxygen atoms in total. The summed E-state index contributed by atoms with van der Waals surface area (Å²) >= 11 is 13.0. The Morgan fingerprint density at radius 1 is 1.22 bits per heavy atom. The van der Waals surface area contributed by atoms with Gasteiger partial charge in [0.15, 0.2) is 11.5 Å². The van der Waals surface area contributed by atoms with Gasteiger partial charge < -0.3 is 19.9 Å². The second kappa shape index (κ2) is 11.1. The normalized spacial score (nSPS) is 29.8. The number of aryl methyl sites for hydroxylation is 1. The molecule has 5 heterocycles. The van der Waals surface area contributed by atoms with Crippen LogP contribution in [0.15, 0.2) is 30.3 Å². The molecule has 0 spiro atoms. The molecule has 3 saturated carbocycles. The SMILES string of the molecule is C[C@@H](O)c1nc2c(F)c(-c3cccc(Cl)c3Cl)c(CCC#N)cc2c2c1cc([C@H]1[C@H]3C[C@H](C[C@@H]3F)N1C(=O)C1(F)CC1)n2[C@H]1[C@H]2CN[C@@H]1C2. The van der Waals surface area contributed by atoms with E-state index in [0.29, 0.717) is 39.5 Å². The number of rotatable bonds is 7. The van der Waals surface area contributed by atoms with E-state index in [9.17, 15) is 15.2 Å². The number of carbonyl (C=O) groups is 1. The number of likely N-dealkylation sites (tertiary alicyclic amines) is 1. The molecule has 254 valence electrons. The third kappa shape index (κ3) is 4.48. The lowest BCUT2D eigenvalue weighted by Crippen LogP contribution is -2.48. The van der Waals surface area contributed by atoms with Crippen LogP contribution in [0.2, 0.25) is 10.0 Å². The molecule has 1 amide bonds. The highest BCUT2D eigenvalue weighted by atomic mass is 35.5. The maximum absolute atomic E-state index is 17.2. The number of alkyl halides is 2. The lowest BCUT2D eigenvalue weighted by molar-refractivity contribution is -0.144. The quantitative estimate of drug-likeness (QED) is 0.204. The van der Waals surface area contributed by atoms with E-state index in [1.54, 1.807) is 30.0 Å². The number of amides is 1. The van der Waals surface area contributed by atoms with E-state index in [4.69, 9.17) is 28.2 Å². The molecule has 4 bridgehead atoms. The standard InChI is InChI=1S/C37H34Cl2F3N5O2/c1-16(48)31-23-14-27(35-21-12-19(13-25(21)40)46(35)36(49)37(42)7-8-37)47(33-18-11-26(33)44-15-18)34(23)22-10-17(4-3-9-43)28(30(41)32(22)45-31)20-5-2-6-24(38)29(20)39/h2,5-6,10,14,16,18-19,21,25-26,33,35,44,48H,3-4,7-8,11-13,15H2,1H3/t16-,18-,19-,21+,25+,26-,33+,35-/m1/s1. The number of nitrogens with zero attached hydrogens (tertiary/aromatic N) is 4. The Morgan fingerprint density at radius 2 is 2.02 bits per heavy atom. The summed E-state index contributed by atoms with van der Waals surface area (Å²) in [4.78, 5) is 20.2. The zero-order chi connectivity index (χ0) is 34.1. The second-order valence-corrected chi connectivity index (χ2v) is 15.5. The summed E-state index contributed by atoms with van der Waals surface area (Å²) in [5.41, 5.74) is 0.742. The molecule has 3 aliphatic heterocycles. The number of pyridine rings is 1. The van der Waals surface area contributed by atoms with E-state index in [2.05, 4.69) is 16.0 Å². The van der Waals surface area contributed by atoms with Crippen LogP contribution in [0.1, 0.15) is 80.6 Å². The molecule has 3 aliphatic carbocycles. The summed E-state index contributed by atoms with van der Waals surface area (Å²) < 4.78 is 50.6. The minimum Gasteiger partial charge on any atom is -0.387 e. The minimum absolute atomic E-state index is 0.0191. The van der Waals surface area contributed by atoms with Crippen molar-refractivity contribution in [1.29, 1.82) is 5.26 Å². The van der Waals surface area contributed by atoms with Gasteiger partial charge in [-0.2, -0.15) is 5.26 Å². The van der Waals surface area contributed by atoms with Gasteiger partial charge in [0, 0.05) is 58.6 Å². The zero-order valence-corrected chi connectivity index (χ0v) is 28.2. The predicted molar refractivity (Wildman–Crippen MR) is 180 cm³/mol. The maximum Gasteiger partial charge on any atom is 0.261 e. The topological polar surface area (TPSA) is 94.2 Å². The van der Waals surface area contributed by atoms with E-state index in [1.807, 2.05) is 12.1 Å². The van der Waals surface area contributed by atoms with Gasteiger partial charge in [0.2, 0.25) is 0 Å². The van der Waals surface area contributed by atoms with E-state index in [-0.39, 0.29) is 76.9 Å². The fraction of sp³-hybridized carbons (Fsp3) is 0.486. The first-order valence-corrected chi connectivity index (χ1v) is 17.9. The minimum atomic E-state index is -1.92. The number of nitrogens with one attached hydrogen (secondary N) is 1. The molecule has 6 fully saturated rings. The Labute approximate surface area is 291 Å². The van der Waals surface area contributed by atoms with Gasteiger partial charge in [-0.3, -0.25) is 4.79 Å². The van der Waals surface area contributed by atoms with Crippen molar-refractivity contribution < 1.29 is 23.1 Å². The predicted octanol–water partition coefficient (Wildman–Crippen LogP) is 7.85. The first kappa shape index (κ1) is 31.6. The Balaban J connectivity index is 1.36. The largest absolute Gasteiger partial charge is 0.387 e. The Morgan fingerprint density at radius 3 is 2.69 bits per heavy atom. The number of aromatic nitrogens is 2. The summed E-state index contributed by atoms with van der Waals surface area (Å²) in [6.07, 6.45) is -0.0136. The number of aliphatic hydroxyl groups excluding tert-OH is 1. The number of piperidine rings is 1. The number of hydrogen-bond donors (Lipinski definition) is 2. The monoisotopic (exact) mass is 707 g/mol. The van der Waals surface area contributed by atoms with Gasteiger partial charge >= 0.3 is 0 Å². The summed E-state index contributed by atoms with van der Waals surface area (Å²) in [6, 6.07) is 9.76. The molecule has 2 aromatic heterocycles. The molecule has 49 heavy (non-hydrogen) atoms. The van der Waals surface area contributed by atoms with Crippen molar-refractivity contribution in [1.82, 2.24) is 19.8 Å². The number of nitriles is 1. The molecule has 0 radical (unpaired) electrons. The van der Waals surface area contributed by atoms with Crippen LogP contribution < -0.4 is 5.32 Å². The van der Waals surface area contributed by atoms with Crippen LogP contribution >= 0.6 is 23.2 Å². The molecular formula is C37H34Cl2F3N5O2. The van der Waals surface area contributed by atoms with Crippen LogP contribution in [0.5, 0.6) is 0 Å². The van der Waals surface area contributed by atoms with Crippen molar-refractivity contribution in [2.45, 2.75) is 94.0 Å². The van der Waals surface area contributed by atoms with Gasteiger partial charge in [0.1, 0.15) is 11.7 Å². The number of halogens is 5. The molecule has 0 unspecified atom stereocenters. The van der Waals surface area contributed by atoms with Crippen molar-refractivity contribution in [2.24, 2.45) is 11.8 Å². The molecule has 8 atom stereocenters. The Bertz CT molecular complexity index is 2110. The van der Waals surface area contributed by atoms with E-state index in [0.717, 1.165) is 13.0 Å². The molecule has 12 heteroatoms. The number of carbonyl (C=O) groups excluding carboxylic acids is 1. The first-order valence-electron chi connectivity index (χ1n) is 17.1. The molecule has 6 aliphatic rings. The highest BCUT2D eigenvalue weighted by Crippen LogP contribution is 2.58. The molecule has 3 saturated heterocycles. The summed E-state index contributed by atoms with van der Waals surface area (Å²) in [6.45, 7) is 2.34. The van der Waals surface area contributed by atoms with Gasteiger partial charge in [-0.05, 0) is 75.1 Å². The zero-order valence-electron chi connectivity index (χ0n) is 26.7. The van der Waals surface area contributed by atoms with Crippen LogP contribution in [-0.2, 0) is 11.2 Å². The van der Waals surface area contributed by atoms with Gasteiger partial charge in [-0.1, -0.05) is 35.3 Å². The van der Waals surface area contributed by atoms with Crippen molar-refractivity contribution >= 4 is 50.9 Å². The van der Waals surface area contributed by atoms with Crippen LogP contribution in [0.4, 0.5) is 13.2 Å². The number of benzene rings is 2. The van der Waals surface area contributed by atoms with Crippen molar-refractivity contribution in [3.05, 3.63) is 63.1 Å². The van der Waals surface area contributed by atoms with E-state index >= 15 is 13.2 Å². The third-order valence-electron chi connectivity index (χ3n) is 11.9. The number of aliphatic hydroxyl groups is 1. The number of hydrogen-bond acceptors (Lipinski definition) is 5.